The van der Waals surface area contributed by atoms with Crippen molar-refractivity contribution in [3.8, 4) is 0 Å². The molecule has 2 aromatic rings. The molecule has 0 saturated carbocycles. The number of halogens is 2. The quantitative estimate of drug-likeness (QED) is 0.566. The van der Waals surface area contributed by atoms with Gasteiger partial charge in [0, 0.05) is 38.5 Å². The number of carbonyl (C=O) groups is 2. The van der Waals surface area contributed by atoms with Gasteiger partial charge in [-0.3, -0.25) is 14.5 Å². The number of anilines is 4. The van der Waals surface area contributed by atoms with Gasteiger partial charge in [0.25, 0.3) is 5.91 Å². The van der Waals surface area contributed by atoms with Gasteiger partial charge in [-0.15, -0.1) is 0 Å². The van der Waals surface area contributed by atoms with Crippen LogP contribution in [0.1, 0.15) is 28.8 Å². The van der Waals surface area contributed by atoms with Crippen molar-refractivity contribution >= 4 is 35.5 Å². The van der Waals surface area contributed by atoms with E-state index in [1.54, 1.807) is 18.9 Å². The van der Waals surface area contributed by atoms with Crippen LogP contribution in [0.3, 0.4) is 0 Å². The molecule has 2 amide bonds. The summed E-state index contributed by atoms with van der Waals surface area (Å²) in [7, 11) is 1.68. The summed E-state index contributed by atoms with van der Waals surface area (Å²) in [5.74, 6) is -1.21. The number of carbonyl (C=O) groups excluding carboxylic acids is 2. The van der Waals surface area contributed by atoms with E-state index in [4.69, 9.17) is 10.5 Å². The minimum absolute atomic E-state index is 0.0997. The molecule has 2 heterocycles. The first-order valence-electron chi connectivity index (χ1n) is 10.2. The van der Waals surface area contributed by atoms with Gasteiger partial charge in [0.05, 0.1) is 17.4 Å². The van der Waals surface area contributed by atoms with E-state index in [1.807, 2.05) is 0 Å². The Morgan fingerprint density at radius 1 is 1.38 bits per heavy atom. The fourth-order valence-electron chi connectivity index (χ4n) is 3.53. The van der Waals surface area contributed by atoms with Gasteiger partial charge in [-0.25, -0.2) is 13.8 Å². The molecular weight excluding hydrogens is 422 g/mol. The molecule has 32 heavy (non-hydrogen) atoms. The van der Waals surface area contributed by atoms with Gasteiger partial charge in [0.15, 0.2) is 5.82 Å². The van der Waals surface area contributed by atoms with E-state index in [1.165, 1.54) is 17.2 Å². The van der Waals surface area contributed by atoms with Crippen LogP contribution in [-0.2, 0) is 9.53 Å². The van der Waals surface area contributed by atoms with E-state index in [0.29, 0.717) is 55.2 Å². The minimum atomic E-state index is -0.867. The maximum Gasteiger partial charge on any atom is 0.251 e. The number of ether oxygens (including phenoxy) is 1. The average molecular weight is 448 g/mol. The number of hydrogen-bond donors (Lipinski definition) is 2. The monoisotopic (exact) mass is 448 g/mol. The molecular formula is C21H26F2N6O3. The smallest absolute Gasteiger partial charge is 0.251 e. The lowest BCUT2D eigenvalue weighted by molar-refractivity contribution is -0.108. The molecule has 9 nitrogen and oxygen atoms in total. The summed E-state index contributed by atoms with van der Waals surface area (Å²) in [5, 5.41) is 2.93. The summed E-state index contributed by atoms with van der Waals surface area (Å²) in [6, 6.07) is 2.34. The molecule has 0 aliphatic carbocycles. The van der Waals surface area contributed by atoms with E-state index >= 15 is 0 Å². The van der Waals surface area contributed by atoms with Gasteiger partial charge in [-0.2, -0.15) is 4.98 Å². The molecule has 172 valence electrons. The van der Waals surface area contributed by atoms with Crippen molar-refractivity contribution in [2.75, 3.05) is 48.6 Å². The Labute approximate surface area is 184 Å². The molecule has 1 fully saturated rings. The molecule has 11 heteroatoms. The maximum atomic E-state index is 14.3. The second-order valence-electron chi connectivity index (χ2n) is 7.51. The lowest BCUT2D eigenvalue weighted by Gasteiger charge is -2.33. The van der Waals surface area contributed by atoms with Crippen LogP contribution >= 0.6 is 0 Å². The molecule has 0 atom stereocenters. The molecule has 3 rings (SSSR count). The largest absolute Gasteiger partial charge is 0.381 e. The summed E-state index contributed by atoms with van der Waals surface area (Å²) >= 11 is 0. The number of hydrogen-bond acceptors (Lipinski definition) is 7. The SMILES string of the molecule is Cc1cc(C(N)=O)c(F)cc1Nc1ncc(N(C)CCF)c(N(C=O)C2CCOCC2)n1. The van der Waals surface area contributed by atoms with Crippen LogP contribution in [0, 0.1) is 12.7 Å². The lowest BCUT2D eigenvalue weighted by atomic mass is 10.1. The third-order valence-electron chi connectivity index (χ3n) is 5.35. The zero-order valence-corrected chi connectivity index (χ0v) is 18.0. The van der Waals surface area contributed by atoms with Gasteiger partial charge in [-0.1, -0.05) is 0 Å². The van der Waals surface area contributed by atoms with Crippen molar-refractivity contribution in [1.29, 1.82) is 0 Å². The Kier molecular flexibility index (Phi) is 7.52. The number of nitrogens with two attached hydrogens (primary N) is 1. The number of nitrogens with one attached hydrogen (secondary N) is 1. The molecule has 1 aromatic heterocycles. The van der Waals surface area contributed by atoms with Gasteiger partial charge in [0.2, 0.25) is 12.4 Å². The predicted molar refractivity (Wildman–Crippen MR) is 117 cm³/mol. The Balaban J connectivity index is 1.99. The molecule has 0 bridgehead atoms. The topological polar surface area (TPSA) is 114 Å². The van der Waals surface area contributed by atoms with E-state index in [9.17, 15) is 18.4 Å². The summed E-state index contributed by atoms with van der Waals surface area (Å²) in [4.78, 5) is 35.3. The number of aryl methyl sites for hydroxylation is 1. The van der Waals surface area contributed by atoms with E-state index in [-0.39, 0.29) is 24.1 Å². The van der Waals surface area contributed by atoms with Crippen LogP contribution in [0.5, 0.6) is 0 Å². The van der Waals surface area contributed by atoms with Crippen molar-refractivity contribution in [2.24, 2.45) is 5.73 Å². The highest BCUT2D eigenvalue weighted by molar-refractivity contribution is 5.94. The zero-order chi connectivity index (χ0) is 23.3. The van der Waals surface area contributed by atoms with E-state index < -0.39 is 18.4 Å². The molecule has 0 spiro atoms. The standard InChI is InChI=1S/C21H26F2N6O3/c1-13-9-15(19(24)31)16(23)10-17(13)26-21-25-11-18(28(2)6-5-22)20(27-21)29(12-30)14-3-7-32-8-4-14/h9-12,14H,3-8H2,1-2H3,(H2,24,31)(H,25,26,27). The molecule has 1 aromatic carbocycles. The Bertz CT molecular complexity index is 984. The first-order chi connectivity index (χ1) is 15.3. The van der Waals surface area contributed by atoms with Crippen LogP contribution in [0.2, 0.25) is 0 Å². The fourth-order valence-corrected chi connectivity index (χ4v) is 3.53. The van der Waals surface area contributed by atoms with Crippen molar-refractivity contribution < 1.29 is 23.1 Å². The van der Waals surface area contributed by atoms with Crippen LogP contribution in [0.4, 0.5) is 31.9 Å². The van der Waals surface area contributed by atoms with Gasteiger partial charge < -0.3 is 20.7 Å². The average Bonchev–Trinajstić information content (AvgIpc) is 2.77. The number of benzene rings is 1. The second-order valence-corrected chi connectivity index (χ2v) is 7.51. The van der Waals surface area contributed by atoms with Crippen molar-refractivity contribution in [2.45, 2.75) is 25.8 Å². The fraction of sp³-hybridized carbons (Fsp3) is 0.429. The third kappa shape index (κ3) is 5.10. The normalized spacial score (nSPS) is 14.1. The van der Waals surface area contributed by atoms with Crippen molar-refractivity contribution in [3.05, 3.63) is 35.3 Å². The number of aromatic nitrogens is 2. The van der Waals surface area contributed by atoms with Gasteiger partial charge >= 0.3 is 0 Å². The summed E-state index contributed by atoms with van der Waals surface area (Å²) < 4.78 is 32.6. The second kappa shape index (κ2) is 10.3. The Hall–Kier alpha value is -3.34. The molecule has 0 unspecified atom stereocenters. The first-order valence-corrected chi connectivity index (χ1v) is 10.2. The number of alkyl halides is 1. The number of rotatable bonds is 9. The van der Waals surface area contributed by atoms with E-state index in [2.05, 4.69) is 15.3 Å². The molecule has 3 N–H and O–H groups in total. The third-order valence-corrected chi connectivity index (χ3v) is 5.35. The van der Waals surface area contributed by atoms with Crippen LogP contribution in [0.15, 0.2) is 18.3 Å². The lowest BCUT2D eigenvalue weighted by Crippen LogP contribution is -2.40. The summed E-state index contributed by atoms with van der Waals surface area (Å²) in [6.45, 7) is 2.23. The highest BCUT2D eigenvalue weighted by Gasteiger charge is 2.26. The summed E-state index contributed by atoms with van der Waals surface area (Å²) in [5.41, 5.74) is 6.36. The number of primary amides is 1. The Morgan fingerprint density at radius 3 is 2.72 bits per heavy atom. The summed E-state index contributed by atoms with van der Waals surface area (Å²) in [6.07, 6.45) is 3.45. The maximum absolute atomic E-state index is 14.3. The van der Waals surface area contributed by atoms with Crippen LogP contribution < -0.4 is 20.9 Å². The molecule has 1 saturated heterocycles. The molecule has 1 aliphatic heterocycles. The predicted octanol–water partition coefficient (Wildman–Crippen LogP) is 2.31. The van der Waals surface area contributed by atoms with Crippen molar-refractivity contribution in [3.63, 3.8) is 0 Å². The molecule has 0 radical (unpaired) electrons. The van der Waals surface area contributed by atoms with E-state index in [0.717, 1.165) is 6.07 Å². The van der Waals surface area contributed by atoms with Gasteiger partial charge in [-0.05, 0) is 37.5 Å². The minimum Gasteiger partial charge on any atom is -0.381 e. The van der Waals surface area contributed by atoms with Crippen LogP contribution in [0.25, 0.3) is 0 Å². The zero-order valence-electron chi connectivity index (χ0n) is 18.0. The highest BCUT2D eigenvalue weighted by atomic mass is 19.1. The van der Waals surface area contributed by atoms with Crippen molar-refractivity contribution in [1.82, 2.24) is 9.97 Å². The first kappa shape index (κ1) is 23.3. The highest BCUT2D eigenvalue weighted by Crippen LogP contribution is 2.31. The Morgan fingerprint density at radius 2 is 2.09 bits per heavy atom. The molecule has 1 aliphatic rings. The van der Waals surface area contributed by atoms with Crippen LogP contribution in [-0.4, -0.2) is 61.8 Å². The number of nitrogens with zero attached hydrogens (tertiary/aromatic N) is 4. The number of amides is 2. The van der Waals surface area contributed by atoms with Gasteiger partial charge in [0.1, 0.15) is 12.5 Å².